The van der Waals surface area contributed by atoms with Gasteiger partial charge in [-0.2, -0.15) is 0 Å². The molecule has 0 spiro atoms. The third kappa shape index (κ3) is 2.31. The van der Waals surface area contributed by atoms with Crippen LogP contribution in [0.5, 0.6) is 5.75 Å². The van der Waals surface area contributed by atoms with Crippen LogP contribution in [-0.2, 0) is 11.2 Å². The first kappa shape index (κ1) is 10.7. The van der Waals surface area contributed by atoms with Gasteiger partial charge in [0.25, 0.3) is 0 Å². The van der Waals surface area contributed by atoms with Gasteiger partial charge in [0, 0.05) is 12.5 Å². The van der Waals surface area contributed by atoms with Gasteiger partial charge < -0.3 is 9.53 Å². The van der Waals surface area contributed by atoms with Crippen LogP contribution in [0.1, 0.15) is 17.5 Å². The van der Waals surface area contributed by atoms with Gasteiger partial charge in [0.2, 0.25) is 0 Å². The molecule has 1 rings (SSSR count). The average molecular weight is 196 g/mol. The van der Waals surface area contributed by atoms with Gasteiger partial charge in [-0.15, -0.1) is 0 Å². The summed E-state index contributed by atoms with van der Waals surface area (Å²) in [6, 6.07) is 2.79. The Kier molecular flexibility index (Phi) is 3.63. The topological polar surface area (TPSA) is 26.3 Å². The fourth-order valence-corrected chi connectivity index (χ4v) is 1.39. The molecule has 0 saturated heterocycles. The summed E-state index contributed by atoms with van der Waals surface area (Å²) in [7, 11) is 1.51. The van der Waals surface area contributed by atoms with Crippen molar-refractivity contribution in [3.8, 4) is 5.75 Å². The zero-order chi connectivity index (χ0) is 10.6. The van der Waals surface area contributed by atoms with E-state index >= 15 is 0 Å². The van der Waals surface area contributed by atoms with Crippen LogP contribution in [0, 0.1) is 12.7 Å². The van der Waals surface area contributed by atoms with E-state index in [0.29, 0.717) is 18.6 Å². The highest BCUT2D eigenvalue weighted by Crippen LogP contribution is 2.23. The number of ether oxygens (including phenoxy) is 1. The molecule has 0 aliphatic heterocycles. The molecular formula is C11H13FO2. The Morgan fingerprint density at radius 2 is 2.21 bits per heavy atom. The lowest BCUT2D eigenvalue weighted by atomic mass is 10.0. The molecule has 0 aliphatic rings. The van der Waals surface area contributed by atoms with Crippen molar-refractivity contribution in [1.29, 1.82) is 0 Å². The number of hydrogen-bond donors (Lipinski definition) is 0. The van der Waals surface area contributed by atoms with Crippen molar-refractivity contribution in [2.75, 3.05) is 7.11 Å². The number of rotatable bonds is 4. The molecule has 0 atom stereocenters. The van der Waals surface area contributed by atoms with E-state index in [2.05, 4.69) is 0 Å². The Balaban J connectivity index is 3.02. The fraction of sp³-hybridized carbons (Fsp3) is 0.364. The monoisotopic (exact) mass is 196 g/mol. The quantitative estimate of drug-likeness (QED) is 0.690. The minimum atomic E-state index is -0.326. The molecule has 0 radical (unpaired) electrons. The molecule has 2 nitrogen and oxygen atoms in total. The molecule has 76 valence electrons. The van der Waals surface area contributed by atoms with Crippen LogP contribution in [0.25, 0.3) is 0 Å². The zero-order valence-electron chi connectivity index (χ0n) is 8.34. The first-order chi connectivity index (χ1) is 6.69. The van der Waals surface area contributed by atoms with Crippen LogP contribution in [0.15, 0.2) is 12.1 Å². The molecule has 0 N–H and O–H groups in total. The SMILES string of the molecule is COc1cc(F)cc(CCC=O)c1C. The number of benzene rings is 1. The Bertz CT molecular complexity index is 334. The van der Waals surface area contributed by atoms with E-state index in [9.17, 15) is 9.18 Å². The minimum absolute atomic E-state index is 0.326. The van der Waals surface area contributed by atoms with E-state index in [-0.39, 0.29) is 5.82 Å². The van der Waals surface area contributed by atoms with Crippen LogP contribution in [0.3, 0.4) is 0 Å². The molecule has 0 unspecified atom stereocenters. The standard InChI is InChI=1S/C11H13FO2/c1-8-9(4-3-5-13)6-10(12)7-11(8)14-2/h5-7H,3-4H2,1-2H3. The lowest BCUT2D eigenvalue weighted by Crippen LogP contribution is -1.96. The summed E-state index contributed by atoms with van der Waals surface area (Å²) >= 11 is 0. The van der Waals surface area contributed by atoms with E-state index < -0.39 is 0 Å². The summed E-state index contributed by atoms with van der Waals surface area (Å²) in [5, 5.41) is 0. The van der Waals surface area contributed by atoms with Crippen LogP contribution in [-0.4, -0.2) is 13.4 Å². The second kappa shape index (κ2) is 4.74. The maximum absolute atomic E-state index is 13.1. The number of aryl methyl sites for hydroxylation is 1. The van der Waals surface area contributed by atoms with E-state index in [1.54, 1.807) is 0 Å². The summed E-state index contributed by atoms with van der Waals surface area (Å²) < 4.78 is 18.1. The van der Waals surface area contributed by atoms with Gasteiger partial charge in [-0.3, -0.25) is 0 Å². The smallest absolute Gasteiger partial charge is 0.127 e. The molecule has 0 saturated carbocycles. The number of methoxy groups -OCH3 is 1. The number of hydrogen-bond acceptors (Lipinski definition) is 2. The first-order valence-electron chi connectivity index (χ1n) is 4.45. The number of carbonyl (C=O) groups excluding carboxylic acids is 1. The van der Waals surface area contributed by atoms with Crippen LogP contribution >= 0.6 is 0 Å². The molecule has 3 heteroatoms. The summed E-state index contributed by atoms with van der Waals surface area (Å²) in [4.78, 5) is 10.2. The molecule has 14 heavy (non-hydrogen) atoms. The minimum Gasteiger partial charge on any atom is -0.496 e. The maximum Gasteiger partial charge on any atom is 0.127 e. The summed E-state index contributed by atoms with van der Waals surface area (Å²) in [6.07, 6.45) is 1.80. The Morgan fingerprint density at radius 1 is 1.50 bits per heavy atom. The third-order valence-corrected chi connectivity index (χ3v) is 2.18. The highest BCUT2D eigenvalue weighted by molar-refractivity contribution is 5.51. The summed E-state index contributed by atoms with van der Waals surface area (Å²) in [6.45, 7) is 1.86. The van der Waals surface area contributed by atoms with Crippen molar-refractivity contribution in [1.82, 2.24) is 0 Å². The van der Waals surface area contributed by atoms with E-state index in [1.165, 1.54) is 19.2 Å². The molecule has 0 amide bonds. The number of halogens is 1. The molecule has 1 aromatic rings. The van der Waals surface area contributed by atoms with Crippen LogP contribution in [0.4, 0.5) is 4.39 Å². The maximum atomic E-state index is 13.1. The normalized spacial score (nSPS) is 9.93. The highest BCUT2D eigenvalue weighted by Gasteiger charge is 2.07. The van der Waals surface area contributed by atoms with Gasteiger partial charge in [0.1, 0.15) is 17.9 Å². The van der Waals surface area contributed by atoms with Crippen molar-refractivity contribution in [2.45, 2.75) is 19.8 Å². The molecular weight excluding hydrogens is 183 g/mol. The van der Waals surface area contributed by atoms with Gasteiger partial charge in [-0.1, -0.05) is 0 Å². The fourth-order valence-electron chi connectivity index (χ4n) is 1.39. The molecule has 0 aromatic heterocycles. The van der Waals surface area contributed by atoms with Gasteiger partial charge in [0.05, 0.1) is 7.11 Å². The van der Waals surface area contributed by atoms with Crippen molar-refractivity contribution < 1.29 is 13.9 Å². The van der Waals surface area contributed by atoms with Crippen molar-refractivity contribution in [3.05, 3.63) is 29.1 Å². The molecule has 0 aliphatic carbocycles. The van der Waals surface area contributed by atoms with Crippen molar-refractivity contribution in [2.24, 2.45) is 0 Å². The van der Waals surface area contributed by atoms with Crippen molar-refractivity contribution in [3.63, 3.8) is 0 Å². The molecule has 0 heterocycles. The second-order valence-corrected chi connectivity index (χ2v) is 3.10. The van der Waals surface area contributed by atoms with Gasteiger partial charge in [0.15, 0.2) is 0 Å². The lowest BCUT2D eigenvalue weighted by molar-refractivity contribution is -0.107. The number of aldehydes is 1. The predicted octanol–water partition coefficient (Wildman–Crippen LogP) is 2.27. The van der Waals surface area contributed by atoms with E-state index in [0.717, 1.165) is 17.4 Å². The second-order valence-electron chi connectivity index (χ2n) is 3.10. The summed E-state index contributed by atoms with van der Waals surface area (Å²) in [5.74, 6) is 0.208. The van der Waals surface area contributed by atoms with Crippen LogP contribution < -0.4 is 4.74 Å². The summed E-state index contributed by atoms with van der Waals surface area (Å²) in [5.41, 5.74) is 1.73. The van der Waals surface area contributed by atoms with E-state index in [4.69, 9.17) is 4.74 Å². The first-order valence-corrected chi connectivity index (χ1v) is 4.45. The van der Waals surface area contributed by atoms with Gasteiger partial charge in [-0.25, -0.2) is 4.39 Å². The van der Waals surface area contributed by atoms with E-state index in [1.807, 2.05) is 6.92 Å². The molecule has 0 bridgehead atoms. The predicted molar refractivity (Wildman–Crippen MR) is 52.1 cm³/mol. The third-order valence-electron chi connectivity index (χ3n) is 2.18. The van der Waals surface area contributed by atoms with Gasteiger partial charge in [-0.05, 0) is 30.5 Å². The highest BCUT2D eigenvalue weighted by atomic mass is 19.1. The Morgan fingerprint density at radius 3 is 2.79 bits per heavy atom. The van der Waals surface area contributed by atoms with Crippen LogP contribution in [0.2, 0.25) is 0 Å². The largest absolute Gasteiger partial charge is 0.496 e. The average Bonchev–Trinajstić information content (AvgIpc) is 2.18. The Hall–Kier alpha value is -1.38. The molecule has 0 fully saturated rings. The molecule has 1 aromatic carbocycles. The number of carbonyl (C=O) groups is 1. The Labute approximate surface area is 82.7 Å². The lowest BCUT2D eigenvalue weighted by Gasteiger charge is -2.09. The van der Waals surface area contributed by atoms with Gasteiger partial charge >= 0.3 is 0 Å². The van der Waals surface area contributed by atoms with Crippen molar-refractivity contribution >= 4 is 6.29 Å². The zero-order valence-corrected chi connectivity index (χ0v) is 8.34.